The largest absolute Gasteiger partial charge is 0.378 e. The van der Waals surface area contributed by atoms with Gasteiger partial charge in [0.05, 0.1) is 19.3 Å². The molecule has 2 atom stereocenters. The van der Waals surface area contributed by atoms with Crippen molar-refractivity contribution >= 4 is 17.5 Å². The molecule has 96 valence electrons. The van der Waals surface area contributed by atoms with Crippen molar-refractivity contribution in [1.29, 1.82) is 5.26 Å². The molecule has 0 aromatic carbocycles. The first-order valence-electron chi connectivity index (χ1n) is 5.70. The third-order valence-electron chi connectivity index (χ3n) is 2.51. The molecule has 2 unspecified atom stereocenters. The summed E-state index contributed by atoms with van der Waals surface area (Å²) in [6.45, 7) is 5.75. The van der Waals surface area contributed by atoms with Crippen molar-refractivity contribution in [2.75, 3.05) is 26.3 Å². The molecule has 1 N–H and O–H groups in total. The maximum Gasteiger partial charge on any atom is 0.239 e. The van der Waals surface area contributed by atoms with Gasteiger partial charge in [0.25, 0.3) is 0 Å². The Morgan fingerprint density at radius 1 is 1.71 bits per heavy atom. The van der Waals surface area contributed by atoms with E-state index in [2.05, 4.69) is 5.32 Å². The van der Waals surface area contributed by atoms with Crippen LogP contribution in [-0.4, -0.2) is 54.6 Å². The molecule has 0 aliphatic carbocycles. The number of hydrogen-bond acceptors (Lipinski definition) is 4. The first-order chi connectivity index (χ1) is 8.04. The highest BCUT2D eigenvalue weighted by Gasteiger charge is 2.30. The van der Waals surface area contributed by atoms with E-state index in [1.807, 2.05) is 24.8 Å². The zero-order valence-electron chi connectivity index (χ0n) is 10.1. The summed E-state index contributed by atoms with van der Waals surface area (Å²) < 4.78 is 5.30. The monoisotopic (exact) mass is 259 g/mol. The van der Waals surface area contributed by atoms with E-state index in [9.17, 15) is 4.79 Å². The van der Waals surface area contributed by atoms with Gasteiger partial charge in [0.2, 0.25) is 5.91 Å². The Kier molecular flexibility index (Phi) is 5.69. The van der Waals surface area contributed by atoms with Crippen molar-refractivity contribution in [3.63, 3.8) is 0 Å². The number of carbonyl (C=O) groups is 1. The van der Waals surface area contributed by atoms with E-state index in [0.29, 0.717) is 26.3 Å². The van der Waals surface area contributed by atoms with Gasteiger partial charge in [-0.1, -0.05) is 0 Å². The maximum absolute atomic E-state index is 11.9. The van der Waals surface area contributed by atoms with Crippen molar-refractivity contribution in [3.8, 4) is 6.07 Å². The van der Waals surface area contributed by atoms with Crippen LogP contribution >= 0.6 is 11.6 Å². The molecule has 0 saturated carbocycles. The number of morpholine rings is 1. The number of nitrogens with zero attached hydrogens (tertiary/aromatic N) is 2. The molecule has 1 aliphatic rings. The molecular formula is C11H18ClN3O2. The first kappa shape index (κ1) is 14.2. The van der Waals surface area contributed by atoms with Gasteiger partial charge in [-0.15, -0.1) is 11.6 Å². The van der Waals surface area contributed by atoms with Gasteiger partial charge < -0.3 is 10.1 Å². The summed E-state index contributed by atoms with van der Waals surface area (Å²) in [7, 11) is 0. The van der Waals surface area contributed by atoms with E-state index in [-0.39, 0.29) is 18.0 Å². The number of alkyl halides is 1. The summed E-state index contributed by atoms with van der Waals surface area (Å²) in [4.78, 5) is 13.8. The Morgan fingerprint density at radius 2 is 2.41 bits per heavy atom. The highest BCUT2D eigenvalue weighted by Crippen LogP contribution is 2.10. The van der Waals surface area contributed by atoms with Gasteiger partial charge in [-0.25, -0.2) is 0 Å². The van der Waals surface area contributed by atoms with Crippen LogP contribution in [0, 0.1) is 11.3 Å². The van der Waals surface area contributed by atoms with Crippen LogP contribution < -0.4 is 5.32 Å². The number of hydrogen-bond donors (Lipinski definition) is 1. The summed E-state index contributed by atoms with van der Waals surface area (Å²) in [6.07, 6.45) is 0. The van der Waals surface area contributed by atoms with Crippen LogP contribution in [0.4, 0.5) is 0 Å². The number of carbonyl (C=O) groups excluding carboxylic acids is 1. The molecule has 0 spiro atoms. The molecule has 0 bridgehead atoms. The number of nitrogens with one attached hydrogen (secondary N) is 1. The standard InChI is InChI=1S/C11H18ClN3O2/c1-8(2)14-11(16)10-7-17-4-3-15(10)6-9(12)5-13/h8-10H,3-4,6-7H2,1-2H3,(H,14,16). The molecule has 0 radical (unpaired) electrons. The number of halogens is 1. The van der Waals surface area contributed by atoms with E-state index in [0.717, 1.165) is 0 Å². The van der Waals surface area contributed by atoms with E-state index < -0.39 is 5.38 Å². The van der Waals surface area contributed by atoms with E-state index in [1.165, 1.54) is 0 Å². The minimum Gasteiger partial charge on any atom is -0.378 e. The molecule has 1 heterocycles. The number of nitriles is 1. The van der Waals surface area contributed by atoms with Crippen LogP contribution in [0.2, 0.25) is 0 Å². The van der Waals surface area contributed by atoms with Gasteiger partial charge in [0, 0.05) is 19.1 Å². The van der Waals surface area contributed by atoms with Crippen molar-refractivity contribution in [2.24, 2.45) is 0 Å². The van der Waals surface area contributed by atoms with Crippen molar-refractivity contribution < 1.29 is 9.53 Å². The maximum atomic E-state index is 11.9. The fourth-order valence-corrected chi connectivity index (χ4v) is 1.90. The molecule has 1 saturated heterocycles. The SMILES string of the molecule is CC(C)NC(=O)C1COCCN1CC(Cl)C#N. The van der Waals surface area contributed by atoms with Crippen molar-refractivity contribution in [2.45, 2.75) is 31.3 Å². The molecule has 17 heavy (non-hydrogen) atoms. The lowest BCUT2D eigenvalue weighted by Gasteiger charge is -2.35. The van der Waals surface area contributed by atoms with Gasteiger partial charge in [0.1, 0.15) is 11.4 Å². The van der Waals surface area contributed by atoms with Gasteiger partial charge >= 0.3 is 0 Å². The average Bonchev–Trinajstić information content (AvgIpc) is 2.28. The summed E-state index contributed by atoms with van der Waals surface area (Å²) in [5.41, 5.74) is 0. The second-order valence-electron chi connectivity index (χ2n) is 4.35. The van der Waals surface area contributed by atoms with Crippen LogP contribution in [0.25, 0.3) is 0 Å². The Morgan fingerprint density at radius 3 is 3.00 bits per heavy atom. The number of ether oxygens (including phenoxy) is 1. The Balaban J connectivity index is 2.59. The molecule has 5 nitrogen and oxygen atoms in total. The van der Waals surface area contributed by atoms with E-state index >= 15 is 0 Å². The van der Waals surface area contributed by atoms with Crippen LogP contribution in [0.15, 0.2) is 0 Å². The van der Waals surface area contributed by atoms with E-state index in [4.69, 9.17) is 21.6 Å². The Hall–Kier alpha value is -0.830. The fourth-order valence-electron chi connectivity index (χ4n) is 1.73. The minimum absolute atomic E-state index is 0.0680. The molecule has 1 rings (SSSR count). The molecule has 6 heteroatoms. The normalized spacial score (nSPS) is 23.1. The Labute approximate surface area is 107 Å². The van der Waals surface area contributed by atoms with Crippen LogP contribution in [-0.2, 0) is 9.53 Å². The van der Waals surface area contributed by atoms with Gasteiger partial charge in [-0.05, 0) is 13.8 Å². The highest BCUT2D eigenvalue weighted by molar-refractivity contribution is 6.22. The Bertz CT molecular complexity index is 304. The molecule has 0 aromatic rings. The van der Waals surface area contributed by atoms with Crippen molar-refractivity contribution in [1.82, 2.24) is 10.2 Å². The molecular weight excluding hydrogens is 242 g/mol. The topological polar surface area (TPSA) is 65.4 Å². The summed E-state index contributed by atoms with van der Waals surface area (Å²) in [5, 5.41) is 10.9. The molecule has 1 fully saturated rings. The van der Waals surface area contributed by atoms with Gasteiger partial charge in [-0.2, -0.15) is 5.26 Å². The van der Waals surface area contributed by atoms with E-state index in [1.54, 1.807) is 0 Å². The lowest BCUT2D eigenvalue weighted by atomic mass is 10.2. The second kappa shape index (κ2) is 6.80. The van der Waals surface area contributed by atoms with Crippen LogP contribution in [0.3, 0.4) is 0 Å². The van der Waals surface area contributed by atoms with Crippen LogP contribution in [0.1, 0.15) is 13.8 Å². The van der Waals surface area contributed by atoms with Gasteiger partial charge in [0.15, 0.2) is 0 Å². The summed E-state index contributed by atoms with van der Waals surface area (Å²) in [6, 6.07) is 1.71. The zero-order chi connectivity index (χ0) is 12.8. The molecule has 0 aromatic heterocycles. The lowest BCUT2D eigenvalue weighted by molar-refractivity contribution is -0.132. The third kappa shape index (κ3) is 4.50. The summed E-state index contributed by atoms with van der Waals surface area (Å²) >= 11 is 5.80. The van der Waals surface area contributed by atoms with Gasteiger partial charge in [-0.3, -0.25) is 9.69 Å². The number of amides is 1. The predicted octanol–water partition coefficient (Wildman–Crippen LogP) is 0.343. The first-order valence-corrected chi connectivity index (χ1v) is 6.14. The quantitative estimate of drug-likeness (QED) is 0.740. The molecule has 1 amide bonds. The van der Waals surface area contributed by atoms with Crippen LogP contribution in [0.5, 0.6) is 0 Å². The summed E-state index contributed by atoms with van der Waals surface area (Å²) in [5.74, 6) is -0.0680. The highest BCUT2D eigenvalue weighted by atomic mass is 35.5. The number of rotatable bonds is 4. The minimum atomic E-state index is -0.595. The fraction of sp³-hybridized carbons (Fsp3) is 0.818. The predicted molar refractivity (Wildman–Crippen MR) is 64.7 cm³/mol. The average molecular weight is 260 g/mol. The van der Waals surface area contributed by atoms with Crippen molar-refractivity contribution in [3.05, 3.63) is 0 Å². The second-order valence-corrected chi connectivity index (χ2v) is 4.87. The third-order valence-corrected chi connectivity index (χ3v) is 2.74. The smallest absolute Gasteiger partial charge is 0.239 e. The molecule has 1 aliphatic heterocycles. The zero-order valence-corrected chi connectivity index (χ0v) is 10.9. The lowest BCUT2D eigenvalue weighted by Crippen LogP contribution is -2.55.